The largest absolute Gasteiger partial charge is 0.462 e. The molecule has 57 heavy (non-hydrogen) atoms. The molecule has 0 saturated heterocycles. The Kier molecular flexibility index (Phi) is 44.2. The van der Waals surface area contributed by atoms with Gasteiger partial charge in [0, 0.05) is 19.3 Å². The number of carbonyl (C=O) groups is 3. The molecule has 0 aliphatic heterocycles. The van der Waals surface area contributed by atoms with Crippen LogP contribution < -0.4 is 0 Å². The number of rotatable bonds is 46. The summed E-state index contributed by atoms with van der Waals surface area (Å²) in [5.74, 6) is -0.0345. The van der Waals surface area contributed by atoms with Gasteiger partial charge in [0.2, 0.25) is 0 Å². The van der Waals surface area contributed by atoms with Gasteiger partial charge in [-0.3, -0.25) is 14.4 Å². The first-order valence-corrected chi connectivity index (χ1v) is 25.4. The Balaban J connectivity index is 4.29. The molecule has 6 nitrogen and oxygen atoms in total. The molecule has 0 aliphatic carbocycles. The van der Waals surface area contributed by atoms with Gasteiger partial charge in [-0.05, 0) is 25.2 Å². The van der Waals surface area contributed by atoms with Crippen LogP contribution in [0.4, 0.5) is 0 Å². The average molecular weight is 807 g/mol. The molecular weight excluding hydrogens is 709 g/mol. The van der Waals surface area contributed by atoms with Crippen LogP contribution in [-0.2, 0) is 28.6 Å². The molecule has 2 atom stereocenters. The third-order valence-corrected chi connectivity index (χ3v) is 11.9. The van der Waals surface area contributed by atoms with E-state index in [-0.39, 0.29) is 31.1 Å². The average Bonchev–Trinajstić information content (AvgIpc) is 3.21. The van der Waals surface area contributed by atoms with Crippen LogP contribution in [0.15, 0.2) is 0 Å². The molecule has 338 valence electrons. The molecule has 0 bridgehead atoms. The number of ether oxygens (including phenoxy) is 3. The molecule has 0 saturated carbocycles. The van der Waals surface area contributed by atoms with Crippen molar-refractivity contribution >= 4 is 17.9 Å². The van der Waals surface area contributed by atoms with E-state index in [1.54, 1.807) is 0 Å². The summed E-state index contributed by atoms with van der Waals surface area (Å²) in [5.41, 5.74) is 0. The van der Waals surface area contributed by atoms with E-state index in [1.807, 2.05) is 0 Å². The highest BCUT2D eigenvalue weighted by Crippen LogP contribution is 2.17. The van der Waals surface area contributed by atoms with Crippen LogP contribution in [0.25, 0.3) is 0 Å². The van der Waals surface area contributed by atoms with E-state index in [0.29, 0.717) is 19.3 Å². The van der Waals surface area contributed by atoms with E-state index in [0.717, 1.165) is 63.7 Å². The zero-order valence-corrected chi connectivity index (χ0v) is 38.8. The Labute approximate surface area is 355 Å². The van der Waals surface area contributed by atoms with Crippen LogP contribution in [0.5, 0.6) is 0 Å². The minimum Gasteiger partial charge on any atom is -0.462 e. The van der Waals surface area contributed by atoms with Gasteiger partial charge in [-0.1, -0.05) is 246 Å². The Morgan fingerprint density at radius 3 is 0.912 bits per heavy atom. The van der Waals surface area contributed by atoms with Gasteiger partial charge in [0.1, 0.15) is 13.2 Å². The maximum atomic E-state index is 12.8. The highest BCUT2D eigenvalue weighted by atomic mass is 16.6. The smallest absolute Gasteiger partial charge is 0.306 e. The normalized spacial score (nSPS) is 12.4. The van der Waals surface area contributed by atoms with E-state index in [9.17, 15) is 14.4 Å². The van der Waals surface area contributed by atoms with Gasteiger partial charge in [0.25, 0.3) is 0 Å². The van der Waals surface area contributed by atoms with Gasteiger partial charge in [-0.15, -0.1) is 0 Å². The quantitative estimate of drug-likeness (QED) is 0.0346. The van der Waals surface area contributed by atoms with Crippen LogP contribution in [-0.4, -0.2) is 37.2 Å². The molecule has 0 aromatic heterocycles. The number of hydrogen-bond donors (Lipinski definition) is 0. The molecule has 1 unspecified atom stereocenters. The lowest BCUT2D eigenvalue weighted by Gasteiger charge is -2.18. The molecule has 0 N–H and O–H groups in total. The standard InChI is InChI=1S/C51H98O6/c1-5-8-10-12-14-16-18-20-21-22-24-25-27-29-34-38-42-49(52)55-45-48(46-56-50(53)43-39-35-32-31-33-37-41-47(4)7-3)57-51(54)44-40-36-30-28-26-23-19-17-15-13-11-9-6-2/h47-48H,5-46H2,1-4H3/t47?,48-/m0/s1. The molecule has 0 aromatic carbocycles. The first-order chi connectivity index (χ1) is 27.9. The van der Waals surface area contributed by atoms with Crippen LogP contribution in [0.2, 0.25) is 0 Å². The Morgan fingerprint density at radius 2 is 0.614 bits per heavy atom. The zero-order valence-electron chi connectivity index (χ0n) is 38.8. The molecule has 6 heteroatoms. The second-order valence-electron chi connectivity index (χ2n) is 17.7. The fraction of sp³-hybridized carbons (Fsp3) is 0.941. The van der Waals surface area contributed by atoms with Gasteiger partial charge in [-0.2, -0.15) is 0 Å². The zero-order chi connectivity index (χ0) is 41.7. The molecule has 0 heterocycles. The number of esters is 3. The Bertz CT molecular complexity index is 859. The topological polar surface area (TPSA) is 78.9 Å². The van der Waals surface area contributed by atoms with Crippen LogP contribution in [0.3, 0.4) is 0 Å². The number of hydrogen-bond acceptors (Lipinski definition) is 6. The van der Waals surface area contributed by atoms with Crippen molar-refractivity contribution in [1.29, 1.82) is 0 Å². The van der Waals surface area contributed by atoms with E-state index in [2.05, 4.69) is 27.7 Å². The van der Waals surface area contributed by atoms with Crippen LogP contribution >= 0.6 is 0 Å². The molecule has 0 rings (SSSR count). The van der Waals surface area contributed by atoms with Gasteiger partial charge in [-0.25, -0.2) is 0 Å². The van der Waals surface area contributed by atoms with Crippen molar-refractivity contribution < 1.29 is 28.6 Å². The van der Waals surface area contributed by atoms with Gasteiger partial charge >= 0.3 is 17.9 Å². The van der Waals surface area contributed by atoms with Crippen molar-refractivity contribution in [2.24, 2.45) is 5.92 Å². The van der Waals surface area contributed by atoms with Crippen molar-refractivity contribution in [2.45, 2.75) is 291 Å². The lowest BCUT2D eigenvalue weighted by Crippen LogP contribution is -2.30. The van der Waals surface area contributed by atoms with Crippen LogP contribution in [0.1, 0.15) is 285 Å². The van der Waals surface area contributed by atoms with E-state index >= 15 is 0 Å². The van der Waals surface area contributed by atoms with Crippen molar-refractivity contribution in [2.75, 3.05) is 13.2 Å². The summed E-state index contributed by atoms with van der Waals surface area (Å²) in [6.45, 7) is 8.99. The summed E-state index contributed by atoms with van der Waals surface area (Å²) in [7, 11) is 0. The maximum Gasteiger partial charge on any atom is 0.306 e. The fourth-order valence-corrected chi connectivity index (χ4v) is 7.66. The summed E-state index contributed by atoms with van der Waals surface area (Å²) in [4.78, 5) is 37.9. The second-order valence-corrected chi connectivity index (χ2v) is 17.7. The van der Waals surface area contributed by atoms with Crippen LogP contribution in [0, 0.1) is 5.92 Å². The third-order valence-electron chi connectivity index (χ3n) is 11.9. The number of carbonyl (C=O) groups excluding carboxylic acids is 3. The summed E-state index contributed by atoms with van der Waals surface area (Å²) < 4.78 is 16.8. The van der Waals surface area contributed by atoms with E-state index in [1.165, 1.54) is 180 Å². The van der Waals surface area contributed by atoms with Gasteiger partial charge in [0.15, 0.2) is 6.10 Å². The van der Waals surface area contributed by atoms with Crippen molar-refractivity contribution in [3.8, 4) is 0 Å². The molecular formula is C51H98O6. The van der Waals surface area contributed by atoms with E-state index < -0.39 is 6.10 Å². The minimum atomic E-state index is -0.760. The second kappa shape index (κ2) is 45.5. The lowest BCUT2D eigenvalue weighted by molar-refractivity contribution is -0.167. The first-order valence-electron chi connectivity index (χ1n) is 25.4. The fourth-order valence-electron chi connectivity index (χ4n) is 7.66. The molecule has 0 amide bonds. The molecule has 0 aliphatic rings. The molecule has 0 radical (unpaired) electrons. The van der Waals surface area contributed by atoms with Gasteiger partial charge in [0.05, 0.1) is 0 Å². The Morgan fingerprint density at radius 1 is 0.351 bits per heavy atom. The van der Waals surface area contributed by atoms with Crippen molar-refractivity contribution in [3.05, 3.63) is 0 Å². The Hall–Kier alpha value is -1.59. The molecule has 0 aromatic rings. The summed E-state index contributed by atoms with van der Waals surface area (Å²) in [5, 5.41) is 0. The summed E-state index contributed by atoms with van der Waals surface area (Å²) >= 11 is 0. The highest BCUT2D eigenvalue weighted by molar-refractivity contribution is 5.71. The predicted octanol–water partition coefficient (Wildman–Crippen LogP) is 16.3. The van der Waals surface area contributed by atoms with Crippen molar-refractivity contribution in [3.63, 3.8) is 0 Å². The maximum absolute atomic E-state index is 12.8. The third kappa shape index (κ3) is 43.8. The minimum absolute atomic E-state index is 0.0635. The number of unbranched alkanes of at least 4 members (excludes halogenated alkanes) is 32. The lowest BCUT2D eigenvalue weighted by atomic mass is 10.00. The van der Waals surface area contributed by atoms with Crippen molar-refractivity contribution in [1.82, 2.24) is 0 Å². The van der Waals surface area contributed by atoms with E-state index in [4.69, 9.17) is 14.2 Å². The summed E-state index contributed by atoms with van der Waals surface area (Å²) in [6, 6.07) is 0. The summed E-state index contributed by atoms with van der Waals surface area (Å²) in [6.07, 6.45) is 46.6. The van der Waals surface area contributed by atoms with Gasteiger partial charge < -0.3 is 14.2 Å². The first kappa shape index (κ1) is 55.4. The molecule has 0 fully saturated rings. The molecule has 0 spiro atoms. The highest BCUT2D eigenvalue weighted by Gasteiger charge is 2.19. The SMILES string of the molecule is CCCCCCCCCCCCCCCCCCC(=O)OC[C@@H](COC(=O)CCCCCCCCC(C)CC)OC(=O)CCCCCCCCCCCCCCC. The monoisotopic (exact) mass is 807 g/mol. The predicted molar refractivity (Wildman–Crippen MR) is 243 cm³/mol.